The van der Waals surface area contributed by atoms with Crippen LogP contribution in [0.25, 0.3) is 61.1 Å². The lowest BCUT2D eigenvalue weighted by Gasteiger charge is -2.11. The topological polar surface area (TPSA) is 95.2 Å². The van der Waals surface area contributed by atoms with Gasteiger partial charge in [0, 0.05) is 52.4 Å². The largest absolute Gasteiger partial charge is 0.354 e. The first-order valence-electron chi connectivity index (χ1n) is 12.6. The van der Waals surface area contributed by atoms with Gasteiger partial charge in [-0.1, -0.05) is 43.0 Å². The van der Waals surface area contributed by atoms with E-state index in [1.807, 2.05) is 61.1 Å². The summed E-state index contributed by atoms with van der Waals surface area (Å²) in [4.78, 5) is 16.6. The van der Waals surface area contributed by atoms with Crippen LogP contribution in [-0.2, 0) is 0 Å². The lowest BCUT2D eigenvalue weighted by atomic mass is 10.0. The minimum Gasteiger partial charge on any atom is -0.354 e. The van der Waals surface area contributed by atoms with Crippen molar-refractivity contribution in [3.8, 4) is 33.6 Å². The number of benzene rings is 2. The Bertz CT molecular complexity index is 1950. The normalized spacial score (nSPS) is 11.2. The van der Waals surface area contributed by atoms with E-state index >= 15 is 0 Å². The number of hydrogen-bond acceptors (Lipinski definition) is 5. The number of H-pyrrole nitrogens is 2. The number of nitrogens with one attached hydrogen (secondary N) is 3. The summed E-state index contributed by atoms with van der Waals surface area (Å²) in [5.74, 6) is 0. The molecule has 0 aliphatic rings. The summed E-state index contributed by atoms with van der Waals surface area (Å²) in [5.41, 5.74) is 10.6. The maximum Gasteiger partial charge on any atom is 0.116 e. The van der Waals surface area contributed by atoms with Gasteiger partial charge in [0.15, 0.2) is 0 Å². The van der Waals surface area contributed by atoms with E-state index in [1.165, 1.54) is 0 Å². The number of anilines is 1. The summed E-state index contributed by atoms with van der Waals surface area (Å²) in [6, 6.07) is 24.5. The summed E-state index contributed by atoms with van der Waals surface area (Å²) >= 11 is 0. The standard InChI is InChI=1S/C32H23N7/c1-20(21-5-3-2-4-6-21)36-25-13-24(16-34-17-25)23-7-8-29-27(14-23)32(39-38-29)30-15-26-28(18-35-19-31(26)37-30)22-9-11-33-12-10-22/h2-19,36-37H,1H2,(H,38,39). The Morgan fingerprint density at radius 1 is 0.692 bits per heavy atom. The number of fused-ring (bicyclic) bond motifs is 2. The van der Waals surface area contributed by atoms with Gasteiger partial charge in [-0.05, 0) is 53.1 Å². The third-order valence-electron chi connectivity index (χ3n) is 6.84. The Hall–Kier alpha value is -5.56. The van der Waals surface area contributed by atoms with E-state index in [9.17, 15) is 0 Å². The molecule has 7 nitrogen and oxygen atoms in total. The molecule has 0 spiro atoms. The Labute approximate surface area is 224 Å². The monoisotopic (exact) mass is 505 g/mol. The second kappa shape index (κ2) is 9.39. The zero-order chi connectivity index (χ0) is 26.2. The van der Waals surface area contributed by atoms with E-state index in [0.717, 1.165) is 72.4 Å². The van der Waals surface area contributed by atoms with Gasteiger partial charge in [-0.15, -0.1) is 0 Å². The molecule has 39 heavy (non-hydrogen) atoms. The van der Waals surface area contributed by atoms with Crippen LogP contribution in [0.5, 0.6) is 0 Å². The van der Waals surface area contributed by atoms with Crippen LogP contribution in [0.1, 0.15) is 5.56 Å². The predicted octanol–water partition coefficient (Wildman–Crippen LogP) is 7.31. The second-order valence-corrected chi connectivity index (χ2v) is 9.33. The number of pyridine rings is 3. The highest BCUT2D eigenvalue weighted by atomic mass is 15.1. The number of hydrogen-bond donors (Lipinski definition) is 3. The molecule has 3 N–H and O–H groups in total. The zero-order valence-corrected chi connectivity index (χ0v) is 20.9. The van der Waals surface area contributed by atoms with E-state index < -0.39 is 0 Å². The van der Waals surface area contributed by atoms with Crippen LogP contribution >= 0.6 is 0 Å². The molecule has 5 heterocycles. The maximum atomic E-state index is 4.66. The molecular weight excluding hydrogens is 482 g/mol. The first kappa shape index (κ1) is 22.6. The average molecular weight is 506 g/mol. The summed E-state index contributed by atoms with van der Waals surface area (Å²) in [7, 11) is 0. The highest BCUT2D eigenvalue weighted by Gasteiger charge is 2.15. The predicted molar refractivity (Wildman–Crippen MR) is 157 cm³/mol. The smallest absolute Gasteiger partial charge is 0.116 e. The minimum absolute atomic E-state index is 0.821. The molecule has 0 bridgehead atoms. The lowest BCUT2D eigenvalue weighted by molar-refractivity contribution is 1.12. The Balaban J connectivity index is 1.25. The van der Waals surface area contributed by atoms with Crippen molar-refractivity contribution < 1.29 is 0 Å². The van der Waals surface area contributed by atoms with Crippen molar-refractivity contribution in [2.75, 3.05) is 5.32 Å². The summed E-state index contributed by atoms with van der Waals surface area (Å²) in [5, 5.41) is 13.3. The molecule has 5 aromatic heterocycles. The number of rotatable bonds is 6. The number of aromatic amines is 2. The zero-order valence-electron chi connectivity index (χ0n) is 20.9. The molecule has 0 amide bonds. The van der Waals surface area contributed by atoms with E-state index in [4.69, 9.17) is 0 Å². The molecule has 7 heteroatoms. The molecular formula is C32H23N7. The number of nitrogens with zero attached hydrogens (tertiary/aromatic N) is 4. The van der Waals surface area contributed by atoms with Crippen molar-refractivity contribution in [2.24, 2.45) is 0 Å². The van der Waals surface area contributed by atoms with Crippen molar-refractivity contribution in [3.05, 3.63) is 122 Å². The summed E-state index contributed by atoms with van der Waals surface area (Å²) in [6.07, 6.45) is 11.0. The van der Waals surface area contributed by atoms with Gasteiger partial charge in [0.2, 0.25) is 0 Å². The second-order valence-electron chi connectivity index (χ2n) is 9.33. The van der Waals surface area contributed by atoms with Crippen LogP contribution in [0.3, 0.4) is 0 Å². The Kier molecular flexibility index (Phi) is 5.45. The summed E-state index contributed by atoms with van der Waals surface area (Å²) in [6.45, 7) is 4.18. The van der Waals surface area contributed by atoms with Gasteiger partial charge >= 0.3 is 0 Å². The first-order chi connectivity index (χ1) is 19.2. The Morgan fingerprint density at radius 2 is 1.54 bits per heavy atom. The third-order valence-corrected chi connectivity index (χ3v) is 6.84. The molecule has 0 unspecified atom stereocenters. The molecule has 0 aliphatic heterocycles. The highest BCUT2D eigenvalue weighted by Crippen LogP contribution is 2.35. The van der Waals surface area contributed by atoms with Gasteiger partial charge in [-0.2, -0.15) is 5.10 Å². The SMILES string of the molecule is C=C(Nc1cncc(-c2ccc3[nH]nc(-c4cc5c(-c6ccncc6)cncc5[nH]4)c3c2)c1)c1ccccc1. The highest BCUT2D eigenvalue weighted by molar-refractivity contribution is 6.01. The van der Waals surface area contributed by atoms with Crippen molar-refractivity contribution in [1.82, 2.24) is 30.1 Å². The minimum atomic E-state index is 0.821. The molecule has 0 aliphatic carbocycles. The lowest BCUT2D eigenvalue weighted by Crippen LogP contribution is -1.98. The van der Waals surface area contributed by atoms with Gasteiger partial charge < -0.3 is 10.3 Å². The van der Waals surface area contributed by atoms with Crippen molar-refractivity contribution in [1.29, 1.82) is 0 Å². The van der Waals surface area contributed by atoms with Crippen molar-refractivity contribution >= 4 is 33.2 Å². The van der Waals surface area contributed by atoms with Crippen LogP contribution in [0, 0.1) is 0 Å². The van der Waals surface area contributed by atoms with Gasteiger partial charge in [0.25, 0.3) is 0 Å². The molecule has 0 saturated heterocycles. The van der Waals surface area contributed by atoms with E-state index in [0.29, 0.717) is 0 Å². The fourth-order valence-electron chi connectivity index (χ4n) is 4.89. The van der Waals surface area contributed by atoms with Crippen LogP contribution in [0.15, 0.2) is 117 Å². The summed E-state index contributed by atoms with van der Waals surface area (Å²) < 4.78 is 0. The van der Waals surface area contributed by atoms with Crippen LogP contribution < -0.4 is 5.32 Å². The van der Waals surface area contributed by atoms with Gasteiger partial charge in [0.1, 0.15) is 5.69 Å². The number of aromatic nitrogens is 6. The molecule has 2 aromatic carbocycles. The van der Waals surface area contributed by atoms with Gasteiger partial charge in [-0.3, -0.25) is 20.1 Å². The van der Waals surface area contributed by atoms with Crippen LogP contribution in [0.4, 0.5) is 5.69 Å². The maximum absolute atomic E-state index is 4.66. The van der Waals surface area contributed by atoms with E-state index in [1.54, 1.807) is 18.6 Å². The molecule has 7 aromatic rings. The van der Waals surface area contributed by atoms with Crippen molar-refractivity contribution in [2.45, 2.75) is 0 Å². The first-order valence-corrected chi connectivity index (χ1v) is 12.6. The molecule has 7 rings (SSSR count). The molecule has 0 atom stereocenters. The van der Waals surface area contributed by atoms with E-state index in [2.05, 4.69) is 72.4 Å². The van der Waals surface area contributed by atoms with E-state index in [-0.39, 0.29) is 0 Å². The fraction of sp³-hybridized carbons (Fsp3) is 0. The third kappa shape index (κ3) is 4.22. The van der Waals surface area contributed by atoms with Gasteiger partial charge in [-0.25, -0.2) is 0 Å². The van der Waals surface area contributed by atoms with Crippen LogP contribution in [0.2, 0.25) is 0 Å². The molecule has 186 valence electrons. The molecule has 0 fully saturated rings. The fourth-order valence-corrected chi connectivity index (χ4v) is 4.89. The van der Waals surface area contributed by atoms with Crippen molar-refractivity contribution in [3.63, 3.8) is 0 Å². The average Bonchev–Trinajstić information content (AvgIpc) is 3.62. The van der Waals surface area contributed by atoms with Gasteiger partial charge in [0.05, 0.1) is 34.8 Å². The molecule has 0 saturated carbocycles. The molecule has 0 radical (unpaired) electrons. The Morgan fingerprint density at radius 3 is 2.41 bits per heavy atom. The quantitative estimate of drug-likeness (QED) is 0.220. The van der Waals surface area contributed by atoms with Crippen LogP contribution in [-0.4, -0.2) is 30.1 Å².